The first kappa shape index (κ1) is 13.4. The Morgan fingerprint density at radius 2 is 1.91 bits per heavy atom. The summed E-state index contributed by atoms with van der Waals surface area (Å²) in [6.45, 7) is 2.17. The van der Waals surface area contributed by atoms with Crippen LogP contribution in [0, 0.1) is 6.92 Å². The SMILES string of the molecule is Cc1ccc(-c2nc(COn3nnc4ccccc43)no2)cc1. The quantitative estimate of drug-likeness (QED) is 0.576. The van der Waals surface area contributed by atoms with Gasteiger partial charge in [-0.2, -0.15) is 4.98 Å². The molecule has 0 N–H and O–H groups in total. The fourth-order valence-electron chi connectivity index (χ4n) is 2.19. The molecule has 0 unspecified atom stereocenters. The molecule has 2 aromatic carbocycles. The third kappa shape index (κ3) is 2.64. The Morgan fingerprint density at radius 1 is 1.09 bits per heavy atom. The Kier molecular flexibility index (Phi) is 3.23. The van der Waals surface area contributed by atoms with Gasteiger partial charge in [0.2, 0.25) is 5.82 Å². The van der Waals surface area contributed by atoms with Crippen LogP contribution in [0.4, 0.5) is 0 Å². The average molecular weight is 307 g/mol. The highest BCUT2D eigenvalue weighted by molar-refractivity contribution is 5.73. The molecule has 0 saturated carbocycles. The van der Waals surface area contributed by atoms with Gasteiger partial charge in [-0.15, -0.1) is 5.10 Å². The van der Waals surface area contributed by atoms with E-state index < -0.39 is 0 Å². The molecule has 2 heterocycles. The molecule has 23 heavy (non-hydrogen) atoms. The van der Waals surface area contributed by atoms with E-state index in [9.17, 15) is 0 Å². The van der Waals surface area contributed by atoms with Crippen molar-refractivity contribution >= 4 is 11.0 Å². The Labute approximate surface area is 131 Å². The molecule has 0 aliphatic carbocycles. The summed E-state index contributed by atoms with van der Waals surface area (Å²) in [6, 6.07) is 15.4. The number of aryl methyl sites for hydroxylation is 1. The lowest BCUT2D eigenvalue weighted by Crippen LogP contribution is -2.13. The maximum absolute atomic E-state index is 5.57. The zero-order chi connectivity index (χ0) is 15.6. The van der Waals surface area contributed by atoms with Crippen molar-refractivity contribution < 1.29 is 9.36 Å². The molecule has 2 aromatic heterocycles. The van der Waals surface area contributed by atoms with E-state index in [0.29, 0.717) is 11.7 Å². The molecular formula is C16H13N5O2. The van der Waals surface area contributed by atoms with Gasteiger partial charge in [0.25, 0.3) is 5.89 Å². The number of hydrogen-bond acceptors (Lipinski definition) is 6. The minimum atomic E-state index is 0.142. The molecular weight excluding hydrogens is 294 g/mol. The van der Waals surface area contributed by atoms with Crippen molar-refractivity contribution in [3.63, 3.8) is 0 Å². The standard InChI is InChI=1S/C16H13N5O2/c1-11-6-8-12(9-7-11)16-17-15(19-23-16)10-22-21-14-5-3-2-4-13(14)18-20-21/h2-9H,10H2,1H3. The lowest BCUT2D eigenvalue weighted by Gasteiger charge is -2.01. The van der Waals surface area contributed by atoms with Crippen LogP contribution in [0.25, 0.3) is 22.5 Å². The second kappa shape index (κ2) is 5.53. The number of aromatic nitrogens is 5. The molecule has 114 valence electrons. The van der Waals surface area contributed by atoms with Crippen LogP contribution >= 0.6 is 0 Å². The summed E-state index contributed by atoms with van der Waals surface area (Å²) in [4.78, 5) is 11.3. The van der Waals surface area contributed by atoms with E-state index in [1.807, 2.05) is 55.5 Å². The van der Waals surface area contributed by atoms with Crippen LogP contribution in [-0.2, 0) is 6.61 Å². The molecule has 0 amide bonds. The highest BCUT2D eigenvalue weighted by Gasteiger charge is 2.10. The fourth-order valence-corrected chi connectivity index (χ4v) is 2.19. The number of hydrogen-bond donors (Lipinski definition) is 0. The molecule has 0 aliphatic rings. The zero-order valence-electron chi connectivity index (χ0n) is 12.4. The van der Waals surface area contributed by atoms with Crippen molar-refractivity contribution in [1.82, 2.24) is 25.3 Å². The zero-order valence-corrected chi connectivity index (χ0v) is 12.4. The minimum Gasteiger partial charge on any atom is -0.387 e. The smallest absolute Gasteiger partial charge is 0.258 e. The van der Waals surface area contributed by atoms with Crippen molar-refractivity contribution in [1.29, 1.82) is 0 Å². The molecule has 0 spiro atoms. The van der Waals surface area contributed by atoms with Gasteiger partial charge in [-0.05, 0) is 36.4 Å². The third-order valence-corrected chi connectivity index (χ3v) is 3.40. The number of rotatable bonds is 4. The normalized spacial score (nSPS) is 11.0. The number of fused-ring (bicyclic) bond motifs is 1. The van der Waals surface area contributed by atoms with E-state index >= 15 is 0 Å². The van der Waals surface area contributed by atoms with Crippen LogP contribution in [0.2, 0.25) is 0 Å². The molecule has 0 bridgehead atoms. The topological polar surface area (TPSA) is 78.9 Å². The van der Waals surface area contributed by atoms with E-state index in [4.69, 9.17) is 9.36 Å². The maximum Gasteiger partial charge on any atom is 0.258 e. The van der Waals surface area contributed by atoms with Crippen LogP contribution in [0.5, 0.6) is 0 Å². The van der Waals surface area contributed by atoms with Crippen molar-refractivity contribution in [2.24, 2.45) is 0 Å². The minimum absolute atomic E-state index is 0.142. The van der Waals surface area contributed by atoms with Crippen molar-refractivity contribution in [2.45, 2.75) is 13.5 Å². The van der Waals surface area contributed by atoms with Gasteiger partial charge in [0.1, 0.15) is 11.0 Å². The van der Waals surface area contributed by atoms with Crippen LogP contribution in [0.1, 0.15) is 11.4 Å². The lowest BCUT2D eigenvalue weighted by atomic mass is 10.1. The Balaban J connectivity index is 1.51. The first-order valence-corrected chi connectivity index (χ1v) is 7.13. The largest absolute Gasteiger partial charge is 0.387 e. The molecule has 0 radical (unpaired) electrons. The number of benzene rings is 2. The van der Waals surface area contributed by atoms with Crippen LogP contribution in [0.15, 0.2) is 53.1 Å². The number of nitrogens with zero attached hydrogens (tertiary/aromatic N) is 5. The molecule has 4 aromatic rings. The van der Waals surface area contributed by atoms with Gasteiger partial charge in [-0.3, -0.25) is 0 Å². The lowest BCUT2D eigenvalue weighted by molar-refractivity contribution is 0.0697. The van der Waals surface area contributed by atoms with E-state index in [-0.39, 0.29) is 6.61 Å². The van der Waals surface area contributed by atoms with E-state index in [1.54, 1.807) is 0 Å². The first-order valence-electron chi connectivity index (χ1n) is 7.13. The van der Waals surface area contributed by atoms with Gasteiger partial charge in [0, 0.05) is 5.56 Å². The van der Waals surface area contributed by atoms with Gasteiger partial charge in [-0.25, -0.2) is 0 Å². The highest BCUT2D eigenvalue weighted by Crippen LogP contribution is 2.17. The molecule has 0 atom stereocenters. The van der Waals surface area contributed by atoms with Gasteiger partial charge in [0.15, 0.2) is 6.61 Å². The Bertz CT molecular complexity index is 942. The van der Waals surface area contributed by atoms with E-state index in [1.165, 1.54) is 10.4 Å². The molecule has 4 rings (SSSR count). The van der Waals surface area contributed by atoms with Gasteiger partial charge >= 0.3 is 0 Å². The Morgan fingerprint density at radius 3 is 2.78 bits per heavy atom. The molecule has 7 nitrogen and oxygen atoms in total. The Hall–Kier alpha value is -3.22. The van der Waals surface area contributed by atoms with E-state index in [2.05, 4.69) is 20.5 Å². The summed E-state index contributed by atoms with van der Waals surface area (Å²) < 4.78 is 5.26. The third-order valence-electron chi connectivity index (χ3n) is 3.40. The van der Waals surface area contributed by atoms with Crippen molar-refractivity contribution in [2.75, 3.05) is 0 Å². The van der Waals surface area contributed by atoms with Crippen LogP contribution in [-0.4, -0.2) is 25.3 Å². The second-order valence-corrected chi connectivity index (χ2v) is 5.11. The molecule has 7 heteroatoms. The molecule has 0 aliphatic heterocycles. The summed E-state index contributed by atoms with van der Waals surface area (Å²) in [6.07, 6.45) is 0. The van der Waals surface area contributed by atoms with Crippen molar-refractivity contribution in [3.05, 3.63) is 59.9 Å². The predicted molar refractivity (Wildman–Crippen MR) is 82.3 cm³/mol. The van der Waals surface area contributed by atoms with E-state index in [0.717, 1.165) is 16.6 Å². The van der Waals surface area contributed by atoms with Crippen LogP contribution in [0.3, 0.4) is 0 Å². The van der Waals surface area contributed by atoms with Gasteiger partial charge in [-0.1, -0.05) is 39.8 Å². The fraction of sp³-hybridized carbons (Fsp3) is 0.125. The van der Waals surface area contributed by atoms with Gasteiger partial charge in [0.05, 0.1) is 0 Å². The molecule has 0 saturated heterocycles. The summed E-state index contributed by atoms with van der Waals surface area (Å²) in [5.74, 6) is 0.909. The molecule has 0 fully saturated rings. The summed E-state index contributed by atoms with van der Waals surface area (Å²) in [5, 5.41) is 11.9. The predicted octanol–water partition coefficient (Wildman–Crippen LogP) is 2.42. The second-order valence-electron chi connectivity index (χ2n) is 5.11. The summed E-state index contributed by atoms with van der Waals surface area (Å²) >= 11 is 0. The maximum atomic E-state index is 5.57. The van der Waals surface area contributed by atoms with Crippen LogP contribution < -0.4 is 4.84 Å². The summed E-state index contributed by atoms with van der Waals surface area (Å²) in [7, 11) is 0. The highest BCUT2D eigenvalue weighted by atomic mass is 16.7. The average Bonchev–Trinajstić information content (AvgIpc) is 3.20. The first-order chi connectivity index (χ1) is 11.3. The monoisotopic (exact) mass is 307 g/mol. The van der Waals surface area contributed by atoms with Gasteiger partial charge < -0.3 is 9.36 Å². The number of para-hydroxylation sites is 1. The van der Waals surface area contributed by atoms with Crippen molar-refractivity contribution in [3.8, 4) is 11.5 Å². The summed E-state index contributed by atoms with van der Waals surface area (Å²) in [5.41, 5.74) is 3.60.